The fourth-order valence-corrected chi connectivity index (χ4v) is 2.42. The van der Waals surface area contributed by atoms with Crippen LogP contribution in [0.4, 0.5) is 0 Å². The van der Waals surface area contributed by atoms with E-state index in [2.05, 4.69) is 12.2 Å². The Balaban J connectivity index is 2.00. The summed E-state index contributed by atoms with van der Waals surface area (Å²) >= 11 is 0. The van der Waals surface area contributed by atoms with Crippen molar-refractivity contribution in [3.8, 4) is 0 Å². The molecule has 1 unspecified atom stereocenters. The van der Waals surface area contributed by atoms with Crippen LogP contribution in [0.5, 0.6) is 0 Å². The molecule has 3 heteroatoms. The quantitative estimate of drug-likeness (QED) is 0.826. The predicted octanol–water partition coefficient (Wildman–Crippen LogP) is 2.88. The van der Waals surface area contributed by atoms with Gasteiger partial charge in [0.25, 0.3) is 0 Å². The minimum absolute atomic E-state index is 0.0100. The van der Waals surface area contributed by atoms with Crippen molar-refractivity contribution in [2.45, 2.75) is 51.5 Å². The fraction of sp³-hybridized carbons (Fsp3) is 0.500. The highest BCUT2D eigenvalue weighted by Crippen LogP contribution is 2.15. The van der Waals surface area contributed by atoms with Gasteiger partial charge in [0, 0.05) is 12.0 Å². The third-order valence-corrected chi connectivity index (χ3v) is 3.61. The number of nitrogens with one attached hydrogen (secondary N) is 1. The number of piperidine rings is 1. The Labute approximate surface area is 114 Å². The van der Waals surface area contributed by atoms with Gasteiger partial charge in [0.15, 0.2) is 5.78 Å². The van der Waals surface area contributed by atoms with Crippen molar-refractivity contribution in [2.75, 3.05) is 0 Å². The van der Waals surface area contributed by atoms with Gasteiger partial charge in [0.1, 0.15) is 0 Å². The van der Waals surface area contributed by atoms with Crippen molar-refractivity contribution in [2.24, 2.45) is 0 Å². The fourth-order valence-electron chi connectivity index (χ4n) is 2.42. The van der Waals surface area contributed by atoms with E-state index in [1.54, 1.807) is 0 Å². The molecule has 1 heterocycles. The van der Waals surface area contributed by atoms with Crippen LogP contribution in [0.25, 0.3) is 0 Å². The maximum Gasteiger partial charge on any atom is 0.220 e. The van der Waals surface area contributed by atoms with E-state index in [1.165, 1.54) is 18.4 Å². The molecule has 0 spiro atoms. The molecule has 102 valence electrons. The number of rotatable bonds is 5. The zero-order valence-electron chi connectivity index (χ0n) is 11.4. The molecule has 1 aliphatic rings. The zero-order valence-corrected chi connectivity index (χ0v) is 11.4. The molecule has 1 aromatic rings. The summed E-state index contributed by atoms with van der Waals surface area (Å²) < 4.78 is 0. The summed E-state index contributed by atoms with van der Waals surface area (Å²) in [6.07, 6.45) is 5.50. The molecule has 1 aromatic carbocycles. The molecule has 1 amide bonds. The van der Waals surface area contributed by atoms with Crippen molar-refractivity contribution < 1.29 is 9.59 Å². The third kappa shape index (κ3) is 3.66. The maximum absolute atomic E-state index is 12.3. The highest BCUT2D eigenvalue weighted by Gasteiger charge is 2.25. The molecular formula is C16H21NO2. The first-order chi connectivity index (χ1) is 9.20. The Morgan fingerprint density at radius 1 is 1.32 bits per heavy atom. The molecule has 2 rings (SSSR count). The molecule has 1 atom stereocenters. The van der Waals surface area contributed by atoms with Gasteiger partial charge < -0.3 is 5.32 Å². The van der Waals surface area contributed by atoms with Crippen LogP contribution in [0.1, 0.15) is 54.9 Å². The van der Waals surface area contributed by atoms with Gasteiger partial charge in [-0.15, -0.1) is 0 Å². The third-order valence-electron chi connectivity index (χ3n) is 3.61. The van der Waals surface area contributed by atoms with Crippen LogP contribution in [0.2, 0.25) is 0 Å². The number of hydrogen-bond acceptors (Lipinski definition) is 2. The second-order valence-electron chi connectivity index (χ2n) is 5.18. The lowest BCUT2D eigenvalue weighted by molar-refractivity contribution is -0.122. The monoisotopic (exact) mass is 259 g/mol. The van der Waals surface area contributed by atoms with Gasteiger partial charge in [0.2, 0.25) is 5.91 Å². The summed E-state index contributed by atoms with van der Waals surface area (Å²) in [6, 6.07) is 7.48. The molecule has 1 saturated heterocycles. The van der Waals surface area contributed by atoms with E-state index in [0.717, 1.165) is 19.3 Å². The topological polar surface area (TPSA) is 46.2 Å². The van der Waals surface area contributed by atoms with E-state index < -0.39 is 0 Å². The predicted molar refractivity (Wildman–Crippen MR) is 75.2 cm³/mol. The number of Topliss-reactive ketones (excluding diaryl/α,β-unsaturated/α-hetero) is 1. The molecule has 0 saturated carbocycles. The number of aryl methyl sites for hydroxylation is 1. The number of ketones is 1. The molecule has 19 heavy (non-hydrogen) atoms. The molecule has 0 radical (unpaired) electrons. The van der Waals surface area contributed by atoms with Gasteiger partial charge in [-0.2, -0.15) is 0 Å². The van der Waals surface area contributed by atoms with E-state index in [9.17, 15) is 9.59 Å². The molecular weight excluding hydrogens is 238 g/mol. The molecule has 0 aromatic heterocycles. The van der Waals surface area contributed by atoms with Crippen LogP contribution in [0.3, 0.4) is 0 Å². The number of benzene rings is 1. The van der Waals surface area contributed by atoms with Crippen molar-refractivity contribution in [1.29, 1.82) is 0 Å². The van der Waals surface area contributed by atoms with Crippen molar-refractivity contribution in [3.63, 3.8) is 0 Å². The highest BCUT2D eigenvalue weighted by atomic mass is 16.2. The first-order valence-electron chi connectivity index (χ1n) is 7.13. The van der Waals surface area contributed by atoms with Gasteiger partial charge >= 0.3 is 0 Å². The molecule has 0 bridgehead atoms. The first kappa shape index (κ1) is 13.8. The average Bonchev–Trinajstić information content (AvgIpc) is 2.45. The van der Waals surface area contributed by atoms with Gasteiger partial charge in [-0.25, -0.2) is 0 Å². The maximum atomic E-state index is 12.3. The Morgan fingerprint density at radius 3 is 2.68 bits per heavy atom. The van der Waals surface area contributed by atoms with Crippen molar-refractivity contribution >= 4 is 11.7 Å². The van der Waals surface area contributed by atoms with Crippen LogP contribution in [-0.2, 0) is 11.2 Å². The lowest BCUT2D eigenvalue weighted by Crippen LogP contribution is -2.43. The van der Waals surface area contributed by atoms with E-state index in [0.29, 0.717) is 12.0 Å². The van der Waals surface area contributed by atoms with Crippen LogP contribution < -0.4 is 5.32 Å². The summed E-state index contributed by atoms with van der Waals surface area (Å²) in [7, 11) is 0. The summed E-state index contributed by atoms with van der Waals surface area (Å²) in [5.74, 6) is 0.0271. The first-order valence-corrected chi connectivity index (χ1v) is 7.13. The molecule has 0 aliphatic carbocycles. The number of carbonyl (C=O) groups is 2. The lowest BCUT2D eigenvalue weighted by atomic mass is 9.95. The smallest absolute Gasteiger partial charge is 0.220 e. The summed E-state index contributed by atoms with van der Waals surface area (Å²) in [5.41, 5.74) is 1.97. The minimum Gasteiger partial charge on any atom is -0.346 e. The summed E-state index contributed by atoms with van der Waals surface area (Å²) in [4.78, 5) is 23.6. The van der Waals surface area contributed by atoms with Crippen molar-refractivity contribution in [1.82, 2.24) is 5.32 Å². The minimum atomic E-state index is -0.331. The van der Waals surface area contributed by atoms with Crippen LogP contribution in [-0.4, -0.2) is 17.7 Å². The standard InChI is InChI=1S/C16H21NO2/c1-2-3-5-12-8-10-13(11-9-12)16(19)14-6-4-7-15(18)17-14/h8-11,14H,2-7H2,1H3,(H,17,18). The SMILES string of the molecule is CCCCc1ccc(C(=O)C2CCCC(=O)N2)cc1. The normalized spacial score (nSPS) is 19.0. The second-order valence-corrected chi connectivity index (χ2v) is 5.18. The molecule has 1 fully saturated rings. The second kappa shape index (κ2) is 6.50. The van der Waals surface area contributed by atoms with E-state index in [-0.39, 0.29) is 17.7 Å². The van der Waals surface area contributed by atoms with Gasteiger partial charge in [-0.3, -0.25) is 9.59 Å². The lowest BCUT2D eigenvalue weighted by Gasteiger charge is -2.22. The number of amides is 1. The van der Waals surface area contributed by atoms with E-state index >= 15 is 0 Å². The Morgan fingerprint density at radius 2 is 2.05 bits per heavy atom. The Hall–Kier alpha value is -1.64. The van der Waals surface area contributed by atoms with Crippen LogP contribution >= 0.6 is 0 Å². The highest BCUT2D eigenvalue weighted by molar-refractivity contribution is 6.02. The number of hydrogen-bond donors (Lipinski definition) is 1. The van der Waals surface area contributed by atoms with Crippen LogP contribution in [0, 0.1) is 0 Å². The molecule has 1 aliphatic heterocycles. The van der Waals surface area contributed by atoms with Gasteiger partial charge in [-0.1, -0.05) is 37.6 Å². The number of carbonyl (C=O) groups excluding carboxylic acids is 2. The van der Waals surface area contributed by atoms with E-state index in [1.807, 2.05) is 24.3 Å². The van der Waals surface area contributed by atoms with E-state index in [4.69, 9.17) is 0 Å². The average molecular weight is 259 g/mol. The number of unbranched alkanes of at least 4 members (excludes halogenated alkanes) is 1. The molecule has 3 nitrogen and oxygen atoms in total. The zero-order chi connectivity index (χ0) is 13.7. The molecule has 1 N–H and O–H groups in total. The Bertz CT molecular complexity index is 450. The van der Waals surface area contributed by atoms with Gasteiger partial charge in [0.05, 0.1) is 6.04 Å². The van der Waals surface area contributed by atoms with Gasteiger partial charge in [-0.05, 0) is 31.2 Å². The Kier molecular flexibility index (Phi) is 4.72. The van der Waals surface area contributed by atoms with Crippen LogP contribution in [0.15, 0.2) is 24.3 Å². The summed E-state index contributed by atoms with van der Waals surface area (Å²) in [5, 5.41) is 2.78. The van der Waals surface area contributed by atoms with Crippen molar-refractivity contribution in [3.05, 3.63) is 35.4 Å². The largest absolute Gasteiger partial charge is 0.346 e. The summed E-state index contributed by atoms with van der Waals surface area (Å²) in [6.45, 7) is 2.17.